The molecular formula is C26H29N5O3. The van der Waals surface area contributed by atoms with E-state index in [4.69, 9.17) is 9.84 Å². The number of rotatable bonds is 7. The minimum Gasteiger partial charge on any atom is -0.496 e. The molecule has 1 saturated carbocycles. The second kappa shape index (κ2) is 9.69. The van der Waals surface area contributed by atoms with Gasteiger partial charge in [-0.05, 0) is 37.1 Å². The monoisotopic (exact) mass is 459 g/mol. The summed E-state index contributed by atoms with van der Waals surface area (Å²) in [5.74, 6) is 0.677. The summed E-state index contributed by atoms with van der Waals surface area (Å²) >= 11 is 0. The van der Waals surface area contributed by atoms with Crippen molar-refractivity contribution in [3.8, 4) is 22.7 Å². The lowest BCUT2D eigenvalue weighted by Gasteiger charge is -2.34. The Labute approximate surface area is 199 Å². The fraction of sp³-hybridized carbons (Fsp3) is 0.346. The van der Waals surface area contributed by atoms with Crippen LogP contribution in [-0.4, -0.2) is 77.3 Å². The van der Waals surface area contributed by atoms with E-state index >= 15 is 0 Å². The molecule has 1 aliphatic heterocycles. The topological polar surface area (TPSA) is 79.7 Å². The standard InChI is InChI=1S/C26H29N5O3/c1-34-23-10-6-5-9-21(23)25-22(17-31(28-25)20-7-3-2-4-8-20)26(33)30-15-13-29(14-16-30)18-24(32)27-19-11-12-19/h2-10,17,19H,11-16,18H2,1H3,(H,27,32). The molecular weight excluding hydrogens is 430 g/mol. The molecule has 8 nitrogen and oxygen atoms in total. The van der Waals surface area contributed by atoms with Crippen molar-refractivity contribution in [2.75, 3.05) is 39.8 Å². The molecule has 0 radical (unpaired) electrons. The fourth-order valence-corrected chi connectivity index (χ4v) is 4.27. The van der Waals surface area contributed by atoms with Crippen molar-refractivity contribution < 1.29 is 14.3 Å². The van der Waals surface area contributed by atoms with Crippen LogP contribution in [0.2, 0.25) is 0 Å². The van der Waals surface area contributed by atoms with Gasteiger partial charge in [-0.1, -0.05) is 30.3 Å². The average molecular weight is 460 g/mol. The number of carbonyl (C=O) groups is 2. The molecule has 2 heterocycles. The van der Waals surface area contributed by atoms with Gasteiger partial charge in [0.2, 0.25) is 5.91 Å². The van der Waals surface area contributed by atoms with Crippen molar-refractivity contribution in [3.63, 3.8) is 0 Å². The predicted molar refractivity (Wildman–Crippen MR) is 129 cm³/mol. The van der Waals surface area contributed by atoms with E-state index in [9.17, 15) is 9.59 Å². The third-order valence-electron chi connectivity index (χ3n) is 6.30. The Morgan fingerprint density at radius 2 is 1.71 bits per heavy atom. The molecule has 2 aliphatic rings. The average Bonchev–Trinajstić information content (AvgIpc) is 3.58. The zero-order valence-corrected chi connectivity index (χ0v) is 19.3. The van der Waals surface area contributed by atoms with Gasteiger partial charge < -0.3 is 15.0 Å². The number of aromatic nitrogens is 2. The van der Waals surface area contributed by atoms with E-state index in [2.05, 4.69) is 10.2 Å². The number of ether oxygens (including phenoxy) is 1. The van der Waals surface area contributed by atoms with E-state index in [1.165, 1.54) is 0 Å². The Bertz CT molecular complexity index is 1160. The van der Waals surface area contributed by atoms with E-state index in [0.717, 1.165) is 24.1 Å². The maximum absolute atomic E-state index is 13.7. The lowest BCUT2D eigenvalue weighted by atomic mass is 10.1. The quantitative estimate of drug-likeness (QED) is 0.588. The fourth-order valence-electron chi connectivity index (χ4n) is 4.27. The maximum Gasteiger partial charge on any atom is 0.257 e. The van der Waals surface area contributed by atoms with Crippen LogP contribution >= 0.6 is 0 Å². The highest BCUT2D eigenvalue weighted by molar-refractivity contribution is 6.00. The Morgan fingerprint density at radius 1 is 1.00 bits per heavy atom. The third-order valence-corrected chi connectivity index (χ3v) is 6.30. The van der Waals surface area contributed by atoms with Gasteiger partial charge in [0.05, 0.1) is 24.9 Å². The molecule has 1 aromatic heterocycles. The smallest absolute Gasteiger partial charge is 0.257 e. The number of hydrogen-bond donors (Lipinski definition) is 1. The van der Waals surface area contributed by atoms with Crippen molar-refractivity contribution >= 4 is 11.8 Å². The van der Waals surface area contributed by atoms with Crippen LogP contribution < -0.4 is 10.1 Å². The second-order valence-electron chi connectivity index (χ2n) is 8.78. The molecule has 176 valence electrons. The minimum absolute atomic E-state index is 0.0647. The summed E-state index contributed by atoms with van der Waals surface area (Å²) in [6.45, 7) is 2.85. The van der Waals surface area contributed by atoms with Gasteiger partial charge in [-0.3, -0.25) is 14.5 Å². The lowest BCUT2D eigenvalue weighted by Crippen LogP contribution is -2.51. The van der Waals surface area contributed by atoms with Crippen LogP contribution in [0.5, 0.6) is 5.75 Å². The maximum atomic E-state index is 13.7. The van der Waals surface area contributed by atoms with E-state index in [0.29, 0.717) is 55.8 Å². The van der Waals surface area contributed by atoms with Crippen LogP contribution in [-0.2, 0) is 4.79 Å². The minimum atomic E-state index is -0.0647. The highest BCUT2D eigenvalue weighted by Gasteiger charge is 2.29. The number of carbonyl (C=O) groups excluding carboxylic acids is 2. The summed E-state index contributed by atoms with van der Waals surface area (Å²) in [6.07, 6.45) is 3.97. The van der Waals surface area contributed by atoms with E-state index in [1.807, 2.05) is 59.5 Å². The summed E-state index contributed by atoms with van der Waals surface area (Å²) in [6, 6.07) is 17.7. The number of nitrogens with zero attached hydrogens (tertiary/aromatic N) is 4. The van der Waals surface area contributed by atoms with Gasteiger partial charge in [-0.2, -0.15) is 5.10 Å². The molecule has 2 fully saturated rings. The third kappa shape index (κ3) is 4.82. The largest absolute Gasteiger partial charge is 0.496 e. The highest BCUT2D eigenvalue weighted by atomic mass is 16.5. The van der Waals surface area contributed by atoms with Gasteiger partial charge in [-0.25, -0.2) is 4.68 Å². The molecule has 2 aromatic carbocycles. The SMILES string of the molecule is COc1ccccc1-c1nn(-c2ccccc2)cc1C(=O)N1CCN(CC(=O)NC2CC2)CC1. The first-order valence-corrected chi connectivity index (χ1v) is 11.7. The number of methoxy groups -OCH3 is 1. The van der Waals surface area contributed by atoms with Gasteiger partial charge in [0, 0.05) is 44.0 Å². The van der Waals surface area contributed by atoms with E-state index < -0.39 is 0 Å². The summed E-state index contributed by atoms with van der Waals surface area (Å²) in [7, 11) is 1.62. The van der Waals surface area contributed by atoms with E-state index in [-0.39, 0.29) is 11.8 Å². The Balaban J connectivity index is 1.37. The molecule has 34 heavy (non-hydrogen) atoms. The second-order valence-corrected chi connectivity index (χ2v) is 8.78. The predicted octanol–water partition coefficient (Wildman–Crippen LogP) is 2.58. The van der Waals surface area contributed by atoms with Crippen LogP contribution in [0.15, 0.2) is 60.8 Å². The number of benzene rings is 2. The van der Waals surface area contributed by atoms with Crippen molar-refractivity contribution in [1.82, 2.24) is 24.9 Å². The van der Waals surface area contributed by atoms with Crippen molar-refractivity contribution in [3.05, 3.63) is 66.4 Å². The Kier molecular flexibility index (Phi) is 6.31. The summed E-state index contributed by atoms with van der Waals surface area (Å²) in [4.78, 5) is 29.8. The van der Waals surface area contributed by atoms with Crippen molar-refractivity contribution in [2.24, 2.45) is 0 Å². The normalized spacial score (nSPS) is 16.3. The van der Waals surface area contributed by atoms with E-state index in [1.54, 1.807) is 18.0 Å². The molecule has 1 N–H and O–H groups in total. The molecule has 8 heteroatoms. The molecule has 0 spiro atoms. The van der Waals surface area contributed by atoms with Gasteiger partial charge in [-0.15, -0.1) is 0 Å². The first kappa shape index (κ1) is 22.2. The van der Waals surface area contributed by atoms with Crippen LogP contribution in [0.1, 0.15) is 23.2 Å². The van der Waals surface area contributed by atoms with Gasteiger partial charge in [0.15, 0.2) is 0 Å². The van der Waals surface area contributed by atoms with Crippen LogP contribution in [0.3, 0.4) is 0 Å². The number of piperazine rings is 1. The molecule has 5 rings (SSSR count). The van der Waals surface area contributed by atoms with Gasteiger partial charge in [0.1, 0.15) is 11.4 Å². The molecule has 0 unspecified atom stereocenters. The van der Waals surface area contributed by atoms with Crippen LogP contribution in [0.4, 0.5) is 0 Å². The molecule has 1 saturated heterocycles. The Morgan fingerprint density at radius 3 is 2.41 bits per heavy atom. The van der Waals surface area contributed by atoms with Gasteiger partial charge >= 0.3 is 0 Å². The Hall–Kier alpha value is -3.65. The summed E-state index contributed by atoms with van der Waals surface area (Å²) in [5, 5.41) is 7.82. The first-order chi connectivity index (χ1) is 16.6. The van der Waals surface area contributed by atoms with Crippen molar-refractivity contribution in [2.45, 2.75) is 18.9 Å². The first-order valence-electron chi connectivity index (χ1n) is 11.7. The lowest BCUT2D eigenvalue weighted by molar-refractivity contribution is -0.122. The summed E-state index contributed by atoms with van der Waals surface area (Å²) < 4.78 is 7.30. The van der Waals surface area contributed by atoms with Crippen molar-refractivity contribution in [1.29, 1.82) is 0 Å². The molecule has 3 aromatic rings. The molecule has 0 bridgehead atoms. The molecule has 0 atom stereocenters. The zero-order chi connectivity index (χ0) is 23.5. The van der Waals surface area contributed by atoms with Crippen LogP contribution in [0, 0.1) is 0 Å². The molecule has 1 aliphatic carbocycles. The number of nitrogens with one attached hydrogen (secondary N) is 1. The number of para-hydroxylation sites is 2. The highest BCUT2D eigenvalue weighted by Crippen LogP contribution is 2.32. The number of amides is 2. The van der Waals surface area contributed by atoms with Gasteiger partial charge in [0.25, 0.3) is 5.91 Å². The number of hydrogen-bond acceptors (Lipinski definition) is 5. The molecule has 2 amide bonds. The zero-order valence-electron chi connectivity index (χ0n) is 19.3. The van der Waals surface area contributed by atoms with Crippen LogP contribution in [0.25, 0.3) is 16.9 Å². The summed E-state index contributed by atoms with van der Waals surface area (Å²) in [5.41, 5.74) is 2.79.